The smallest absolute Gasteiger partial charge is 0.409 e. The molecule has 1 aromatic heterocycles. The number of aryl methyl sites for hydroxylation is 1. The molecule has 2 heterocycles. The molecule has 2 rings (SSSR count). The number of nitrogens with zero attached hydrogens (tertiary/aromatic N) is 3. The molecule has 1 amide bonds. The van der Waals surface area contributed by atoms with Crippen molar-refractivity contribution in [2.75, 3.05) is 19.7 Å². The minimum atomic E-state index is -0.162. The van der Waals surface area contributed by atoms with Crippen LogP contribution in [0.3, 0.4) is 0 Å². The second kappa shape index (κ2) is 8.81. The van der Waals surface area contributed by atoms with Gasteiger partial charge in [0, 0.05) is 37.9 Å². The highest BCUT2D eigenvalue weighted by Crippen LogP contribution is 2.26. The zero-order valence-corrected chi connectivity index (χ0v) is 14.0. The van der Waals surface area contributed by atoms with Crippen LogP contribution in [0.5, 0.6) is 0 Å². The van der Waals surface area contributed by atoms with Gasteiger partial charge >= 0.3 is 6.09 Å². The Labute approximate surface area is 133 Å². The van der Waals surface area contributed by atoms with Crippen LogP contribution in [-0.4, -0.2) is 40.2 Å². The van der Waals surface area contributed by atoms with E-state index in [0.29, 0.717) is 12.5 Å². The van der Waals surface area contributed by atoms with Gasteiger partial charge < -0.3 is 14.2 Å². The number of unbranched alkanes of at least 4 members (excludes halogenated alkanes) is 2. The maximum Gasteiger partial charge on any atom is 0.409 e. The van der Waals surface area contributed by atoms with Crippen molar-refractivity contribution in [3.05, 3.63) is 18.2 Å². The SMILES string of the molecule is CCCCOC(=O)N1CCC[C@@H](c2nccn2CCCC)C1. The number of imidazole rings is 1. The molecule has 0 aliphatic carbocycles. The molecule has 0 N–H and O–H groups in total. The van der Waals surface area contributed by atoms with Crippen LogP contribution in [0, 0.1) is 0 Å². The van der Waals surface area contributed by atoms with Gasteiger partial charge in [0.05, 0.1) is 6.61 Å². The Bertz CT molecular complexity index is 459. The molecule has 1 saturated heterocycles. The van der Waals surface area contributed by atoms with Crippen molar-refractivity contribution in [3.8, 4) is 0 Å². The molecule has 5 heteroatoms. The predicted octanol–water partition coefficient (Wildman–Crippen LogP) is 3.80. The maximum absolute atomic E-state index is 12.1. The fourth-order valence-electron chi connectivity index (χ4n) is 2.95. The number of likely N-dealkylation sites (tertiary alicyclic amines) is 1. The zero-order chi connectivity index (χ0) is 15.8. The van der Waals surface area contributed by atoms with E-state index < -0.39 is 0 Å². The maximum atomic E-state index is 12.1. The first-order valence-corrected chi connectivity index (χ1v) is 8.69. The molecule has 1 fully saturated rings. The lowest BCUT2D eigenvalue weighted by Crippen LogP contribution is -2.40. The summed E-state index contributed by atoms with van der Waals surface area (Å²) < 4.78 is 7.59. The Hall–Kier alpha value is -1.52. The molecule has 1 aliphatic rings. The third-order valence-electron chi connectivity index (χ3n) is 4.27. The number of carbonyl (C=O) groups excluding carboxylic acids is 1. The molecular weight excluding hydrogens is 278 g/mol. The van der Waals surface area contributed by atoms with Crippen LogP contribution in [0.1, 0.15) is 64.1 Å². The summed E-state index contributed by atoms with van der Waals surface area (Å²) in [5, 5.41) is 0. The first kappa shape index (κ1) is 16.8. The van der Waals surface area contributed by atoms with Gasteiger partial charge in [0.25, 0.3) is 0 Å². The Kier molecular flexibility index (Phi) is 6.74. The Morgan fingerprint density at radius 1 is 1.36 bits per heavy atom. The fourth-order valence-corrected chi connectivity index (χ4v) is 2.95. The molecule has 0 spiro atoms. The summed E-state index contributed by atoms with van der Waals surface area (Å²) in [4.78, 5) is 18.5. The van der Waals surface area contributed by atoms with Gasteiger partial charge in [0.15, 0.2) is 0 Å². The summed E-state index contributed by atoms with van der Waals surface area (Å²) >= 11 is 0. The van der Waals surface area contributed by atoms with Crippen LogP contribution >= 0.6 is 0 Å². The molecule has 0 bridgehead atoms. The molecule has 124 valence electrons. The Morgan fingerprint density at radius 2 is 2.18 bits per heavy atom. The monoisotopic (exact) mass is 307 g/mol. The van der Waals surface area contributed by atoms with Crippen molar-refractivity contribution in [2.24, 2.45) is 0 Å². The van der Waals surface area contributed by atoms with Crippen molar-refractivity contribution in [3.63, 3.8) is 0 Å². The average Bonchev–Trinajstić information content (AvgIpc) is 3.01. The largest absolute Gasteiger partial charge is 0.449 e. The van der Waals surface area contributed by atoms with Gasteiger partial charge in [-0.15, -0.1) is 0 Å². The second-order valence-electron chi connectivity index (χ2n) is 6.09. The van der Waals surface area contributed by atoms with E-state index in [2.05, 4.69) is 29.6 Å². The van der Waals surface area contributed by atoms with Crippen LogP contribution in [0.2, 0.25) is 0 Å². The van der Waals surface area contributed by atoms with Crippen molar-refractivity contribution in [1.29, 1.82) is 0 Å². The van der Waals surface area contributed by atoms with Gasteiger partial charge in [0.1, 0.15) is 5.82 Å². The number of hydrogen-bond acceptors (Lipinski definition) is 3. The fraction of sp³-hybridized carbons (Fsp3) is 0.765. The zero-order valence-electron chi connectivity index (χ0n) is 14.0. The molecule has 5 nitrogen and oxygen atoms in total. The molecular formula is C17H29N3O2. The highest BCUT2D eigenvalue weighted by molar-refractivity contribution is 5.67. The highest BCUT2D eigenvalue weighted by Gasteiger charge is 2.28. The molecule has 1 aromatic rings. The Balaban J connectivity index is 1.92. The van der Waals surface area contributed by atoms with E-state index in [4.69, 9.17) is 4.74 Å². The van der Waals surface area contributed by atoms with E-state index >= 15 is 0 Å². The summed E-state index contributed by atoms with van der Waals surface area (Å²) in [5.74, 6) is 1.46. The molecule has 0 aromatic carbocycles. The number of rotatable bonds is 7. The van der Waals surface area contributed by atoms with Gasteiger partial charge in [-0.1, -0.05) is 26.7 Å². The van der Waals surface area contributed by atoms with E-state index in [9.17, 15) is 4.79 Å². The quantitative estimate of drug-likeness (QED) is 0.720. The Morgan fingerprint density at radius 3 is 2.95 bits per heavy atom. The topological polar surface area (TPSA) is 47.4 Å². The predicted molar refractivity (Wildman–Crippen MR) is 86.9 cm³/mol. The van der Waals surface area contributed by atoms with Crippen molar-refractivity contribution >= 4 is 6.09 Å². The lowest BCUT2D eigenvalue weighted by atomic mass is 9.97. The summed E-state index contributed by atoms with van der Waals surface area (Å²) in [6, 6.07) is 0. The van der Waals surface area contributed by atoms with Gasteiger partial charge in [0.2, 0.25) is 0 Å². The van der Waals surface area contributed by atoms with E-state index in [1.54, 1.807) is 0 Å². The second-order valence-corrected chi connectivity index (χ2v) is 6.09. The lowest BCUT2D eigenvalue weighted by molar-refractivity contribution is 0.0895. The van der Waals surface area contributed by atoms with E-state index in [-0.39, 0.29) is 6.09 Å². The molecule has 22 heavy (non-hydrogen) atoms. The van der Waals surface area contributed by atoms with Gasteiger partial charge in [-0.25, -0.2) is 9.78 Å². The number of ether oxygens (including phenoxy) is 1. The van der Waals surface area contributed by atoms with E-state index in [1.165, 1.54) is 12.8 Å². The minimum absolute atomic E-state index is 0.162. The summed E-state index contributed by atoms with van der Waals surface area (Å²) in [5.41, 5.74) is 0. The number of piperidine rings is 1. The average molecular weight is 307 g/mol. The van der Waals surface area contributed by atoms with Crippen LogP contribution in [0.4, 0.5) is 4.79 Å². The minimum Gasteiger partial charge on any atom is -0.449 e. The lowest BCUT2D eigenvalue weighted by Gasteiger charge is -2.32. The molecule has 0 unspecified atom stereocenters. The van der Waals surface area contributed by atoms with E-state index in [1.807, 2.05) is 11.1 Å². The van der Waals surface area contributed by atoms with Crippen LogP contribution in [-0.2, 0) is 11.3 Å². The van der Waals surface area contributed by atoms with Gasteiger partial charge in [-0.3, -0.25) is 0 Å². The first-order valence-electron chi connectivity index (χ1n) is 8.69. The van der Waals surface area contributed by atoms with Crippen LogP contribution in [0.25, 0.3) is 0 Å². The summed E-state index contributed by atoms with van der Waals surface area (Å²) in [7, 11) is 0. The number of amides is 1. The van der Waals surface area contributed by atoms with E-state index in [0.717, 1.165) is 51.1 Å². The standard InChI is InChI=1S/C17H29N3O2/c1-3-5-10-19-12-9-18-16(19)15-8-7-11-20(14-15)17(21)22-13-6-4-2/h9,12,15H,3-8,10-11,13-14H2,1-2H3/t15-/m1/s1. The van der Waals surface area contributed by atoms with Gasteiger partial charge in [-0.2, -0.15) is 0 Å². The van der Waals surface area contributed by atoms with Crippen LogP contribution < -0.4 is 0 Å². The summed E-state index contributed by atoms with van der Waals surface area (Å²) in [6.07, 6.45) is 10.2. The summed E-state index contributed by atoms with van der Waals surface area (Å²) in [6.45, 7) is 7.38. The first-order chi connectivity index (χ1) is 10.8. The molecule has 0 radical (unpaired) electrons. The third-order valence-corrected chi connectivity index (χ3v) is 4.27. The van der Waals surface area contributed by atoms with Crippen molar-refractivity contribution in [2.45, 2.75) is 64.8 Å². The van der Waals surface area contributed by atoms with Crippen molar-refractivity contribution < 1.29 is 9.53 Å². The number of aromatic nitrogens is 2. The highest BCUT2D eigenvalue weighted by atomic mass is 16.6. The normalized spacial score (nSPS) is 18.5. The number of hydrogen-bond donors (Lipinski definition) is 0. The van der Waals surface area contributed by atoms with Crippen LogP contribution in [0.15, 0.2) is 12.4 Å². The third kappa shape index (κ3) is 4.49. The molecule has 0 saturated carbocycles. The van der Waals surface area contributed by atoms with Gasteiger partial charge in [-0.05, 0) is 25.7 Å². The number of carbonyl (C=O) groups is 1. The molecule has 1 aliphatic heterocycles. The van der Waals surface area contributed by atoms with Crippen molar-refractivity contribution in [1.82, 2.24) is 14.5 Å². The molecule has 1 atom stereocenters.